The fraction of sp³-hybridized carbons (Fsp3) is 0.857. The fourth-order valence-electron chi connectivity index (χ4n) is 2.12. The fourth-order valence-corrected chi connectivity index (χ4v) is 2.12. The zero-order chi connectivity index (χ0) is 14.7. The van der Waals surface area contributed by atoms with Gasteiger partial charge in [0.25, 0.3) is 0 Å². The summed E-state index contributed by atoms with van der Waals surface area (Å²) in [5.74, 6) is 0.431. The van der Waals surface area contributed by atoms with Gasteiger partial charge in [-0.25, -0.2) is 0 Å². The Morgan fingerprint density at radius 1 is 1.32 bits per heavy atom. The molecular formula is C14H25F3N2. The zero-order valence-corrected chi connectivity index (χ0v) is 12.3. The van der Waals surface area contributed by atoms with Gasteiger partial charge in [-0.1, -0.05) is 13.0 Å². The van der Waals surface area contributed by atoms with Crippen molar-refractivity contribution in [1.82, 2.24) is 10.2 Å². The lowest BCUT2D eigenvalue weighted by Crippen LogP contribution is -2.42. The van der Waals surface area contributed by atoms with Crippen molar-refractivity contribution in [3.8, 4) is 0 Å². The van der Waals surface area contributed by atoms with E-state index in [1.165, 1.54) is 6.08 Å². The minimum atomic E-state index is -4.15. The molecule has 0 spiro atoms. The Morgan fingerprint density at radius 2 is 1.95 bits per heavy atom. The van der Waals surface area contributed by atoms with Crippen molar-refractivity contribution in [2.24, 2.45) is 5.92 Å². The molecule has 1 heterocycles. The SMILES string of the molecule is CC(CNC(C)(C)C)CN1CC=C(C(F)(F)F)CC1. The first-order valence-electron chi connectivity index (χ1n) is 6.81. The van der Waals surface area contributed by atoms with Crippen molar-refractivity contribution < 1.29 is 13.2 Å². The monoisotopic (exact) mass is 278 g/mol. The van der Waals surface area contributed by atoms with Gasteiger partial charge in [0.15, 0.2) is 0 Å². The summed E-state index contributed by atoms with van der Waals surface area (Å²) in [4.78, 5) is 2.09. The van der Waals surface area contributed by atoms with Gasteiger partial charge in [-0.3, -0.25) is 4.90 Å². The quantitative estimate of drug-likeness (QED) is 0.794. The second-order valence-corrected chi connectivity index (χ2v) is 6.47. The van der Waals surface area contributed by atoms with Gasteiger partial charge in [0.1, 0.15) is 0 Å². The molecule has 0 bridgehead atoms. The number of hydrogen-bond donors (Lipinski definition) is 1. The lowest BCUT2D eigenvalue weighted by molar-refractivity contribution is -0.0960. The molecule has 1 N–H and O–H groups in total. The average molecular weight is 278 g/mol. The summed E-state index contributed by atoms with van der Waals surface area (Å²) in [6.07, 6.45) is -2.71. The molecule has 1 aliphatic rings. The molecule has 0 amide bonds. The van der Waals surface area contributed by atoms with Gasteiger partial charge in [-0.15, -0.1) is 0 Å². The van der Waals surface area contributed by atoms with Gasteiger partial charge in [0.05, 0.1) is 0 Å². The number of alkyl halides is 3. The molecule has 0 aromatic carbocycles. The summed E-state index contributed by atoms with van der Waals surface area (Å²) in [6.45, 7) is 11.1. The first-order valence-corrected chi connectivity index (χ1v) is 6.81. The van der Waals surface area contributed by atoms with Crippen LogP contribution in [0.15, 0.2) is 11.6 Å². The van der Waals surface area contributed by atoms with Crippen LogP contribution in [-0.4, -0.2) is 42.8 Å². The number of hydrogen-bond acceptors (Lipinski definition) is 2. The summed E-state index contributed by atoms with van der Waals surface area (Å²) in [6, 6.07) is 0. The first-order chi connectivity index (χ1) is 8.58. The van der Waals surface area contributed by atoms with Crippen molar-refractivity contribution in [3.63, 3.8) is 0 Å². The normalized spacial score (nSPS) is 20.3. The molecule has 5 heteroatoms. The molecule has 112 valence electrons. The largest absolute Gasteiger partial charge is 0.412 e. The van der Waals surface area contributed by atoms with Gasteiger partial charge in [0, 0.05) is 30.7 Å². The first kappa shape index (κ1) is 16.5. The van der Waals surface area contributed by atoms with Crippen molar-refractivity contribution in [1.29, 1.82) is 0 Å². The van der Waals surface area contributed by atoms with E-state index in [0.29, 0.717) is 19.0 Å². The van der Waals surface area contributed by atoms with E-state index in [2.05, 4.69) is 37.9 Å². The molecule has 2 nitrogen and oxygen atoms in total. The molecule has 0 aromatic heterocycles. The number of rotatable bonds is 4. The maximum absolute atomic E-state index is 12.5. The summed E-state index contributed by atoms with van der Waals surface area (Å²) in [5.41, 5.74) is -0.288. The van der Waals surface area contributed by atoms with Crippen LogP contribution in [0.1, 0.15) is 34.1 Å². The third-order valence-corrected chi connectivity index (χ3v) is 3.21. The number of halogens is 3. The average Bonchev–Trinajstić information content (AvgIpc) is 2.25. The maximum Gasteiger partial charge on any atom is 0.412 e. The molecule has 1 aliphatic heterocycles. The zero-order valence-electron chi connectivity index (χ0n) is 12.3. The minimum Gasteiger partial charge on any atom is -0.312 e. The molecule has 1 atom stereocenters. The Morgan fingerprint density at radius 3 is 2.37 bits per heavy atom. The van der Waals surface area contributed by atoms with E-state index >= 15 is 0 Å². The second-order valence-electron chi connectivity index (χ2n) is 6.47. The van der Waals surface area contributed by atoms with Crippen molar-refractivity contribution in [2.45, 2.75) is 45.8 Å². The molecule has 0 saturated heterocycles. The molecule has 0 fully saturated rings. The molecule has 0 radical (unpaired) electrons. The van der Waals surface area contributed by atoms with Crippen LogP contribution >= 0.6 is 0 Å². The van der Waals surface area contributed by atoms with Crippen molar-refractivity contribution >= 4 is 0 Å². The number of nitrogens with one attached hydrogen (secondary N) is 1. The Balaban J connectivity index is 2.35. The lowest BCUT2D eigenvalue weighted by atomic mass is 10.0. The molecular weight excluding hydrogens is 253 g/mol. The standard InChI is InChI=1S/C14H25F3N2/c1-11(9-18-13(2,3)4)10-19-7-5-12(6-8-19)14(15,16)17/h5,11,18H,6-10H2,1-4H3. The highest BCUT2D eigenvalue weighted by molar-refractivity contribution is 5.13. The summed E-state index contributed by atoms with van der Waals surface area (Å²) >= 11 is 0. The Labute approximate surface area is 114 Å². The molecule has 0 aliphatic carbocycles. The predicted octanol–water partition coefficient (Wildman–Crippen LogP) is 3.21. The molecule has 1 unspecified atom stereocenters. The van der Waals surface area contributed by atoms with E-state index in [-0.39, 0.29) is 17.5 Å². The van der Waals surface area contributed by atoms with Gasteiger partial charge in [-0.2, -0.15) is 13.2 Å². The van der Waals surface area contributed by atoms with Crippen LogP contribution in [-0.2, 0) is 0 Å². The second kappa shape index (κ2) is 6.27. The molecule has 0 aromatic rings. The Bertz CT molecular complexity index is 316. The van der Waals surface area contributed by atoms with Crippen LogP contribution in [0.25, 0.3) is 0 Å². The third kappa shape index (κ3) is 6.43. The number of nitrogens with zero attached hydrogens (tertiary/aromatic N) is 1. The van der Waals surface area contributed by atoms with Crippen LogP contribution < -0.4 is 5.32 Å². The van der Waals surface area contributed by atoms with Gasteiger partial charge in [-0.05, 0) is 39.7 Å². The summed E-state index contributed by atoms with van der Waals surface area (Å²) in [7, 11) is 0. The highest BCUT2D eigenvalue weighted by Gasteiger charge is 2.34. The van der Waals surface area contributed by atoms with Gasteiger partial charge in [0.2, 0.25) is 0 Å². The van der Waals surface area contributed by atoms with Crippen LogP contribution in [0.3, 0.4) is 0 Å². The van der Waals surface area contributed by atoms with Crippen molar-refractivity contribution in [3.05, 3.63) is 11.6 Å². The predicted molar refractivity (Wildman–Crippen MR) is 72.1 cm³/mol. The van der Waals surface area contributed by atoms with E-state index in [9.17, 15) is 13.2 Å². The minimum absolute atomic E-state index is 0.0829. The van der Waals surface area contributed by atoms with Crippen LogP contribution in [0.2, 0.25) is 0 Å². The van der Waals surface area contributed by atoms with Gasteiger partial charge >= 0.3 is 6.18 Å². The van der Waals surface area contributed by atoms with E-state index < -0.39 is 6.18 Å². The van der Waals surface area contributed by atoms with Crippen LogP contribution in [0, 0.1) is 5.92 Å². The highest BCUT2D eigenvalue weighted by atomic mass is 19.4. The molecule has 0 saturated carbocycles. The molecule has 19 heavy (non-hydrogen) atoms. The van der Waals surface area contributed by atoms with E-state index in [4.69, 9.17) is 0 Å². The Kier molecular flexibility index (Phi) is 5.44. The van der Waals surface area contributed by atoms with E-state index in [0.717, 1.165) is 13.1 Å². The maximum atomic E-state index is 12.5. The van der Waals surface area contributed by atoms with Gasteiger partial charge < -0.3 is 5.32 Å². The third-order valence-electron chi connectivity index (χ3n) is 3.21. The van der Waals surface area contributed by atoms with E-state index in [1.807, 2.05) is 0 Å². The lowest BCUT2D eigenvalue weighted by Gasteiger charge is -2.30. The highest BCUT2D eigenvalue weighted by Crippen LogP contribution is 2.30. The van der Waals surface area contributed by atoms with Crippen LogP contribution in [0.4, 0.5) is 13.2 Å². The summed E-state index contributed by atoms with van der Waals surface area (Å²) < 4.78 is 37.5. The molecule has 1 rings (SSSR count). The van der Waals surface area contributed by atoms with E-state index in [1.54, 1.807) is 0 Å². The van der Waals surface area contributed by atoms with Crippen LogP contribution in [0.5, 0.6) is 0 Å². The summed E-state index contributed by atoms with van der Waals surface area (Å²) in [5, 5.41) is 3.42. The van der Waals surface area contributed by atoms with Crippen molar-refractivity contribution in [2.75, 3.05) is 26.2 Å². The topological polar surface area (TPSA) is 15.3 Å². The smallest absolute Gasteiger partial charge is 0.312 e. The Hall–Kier alpha value is -0.550.